The minimum atomic E-state index is -2.04. The fourth-order valence-electron chi connectivity index (χ4n) is 2.46. The number of methoxy groups -OCH3 is 1. The molecule has 0 aliphatic carbocycles. The predicted octanol–water partition coefficient (Wildman–Crippen LogP) is 5.33. The monoisotopic (exact) mass is 343 g/mol. The molecule has 0 spiro atoms. The van der Waals surface area contributed by atoms with E-state index >= 15 is 4.39 Å². The molecule has 4 heteroatoms. The lowest BCUT2D eigenvalue weighted by Gasteiger charge is -2.14. The highest BCUT2D eigenvalue weighted by molar-refractivity contribution is 6.30. The molecule has 0 heterocycles. The number of ether oxygens (including phenoxy) is 1. The lowest BCUT2D eigenvalue weighted by molar-refractivity contribution is 0.413. The molecule has 0 aromatic heterocycles. The zero-order valence-electron chi connectivity index (χ0n) is 15.0. The van der Waals surface area contributed by atoms with Gasteiger partial charge in [-0.15, -0.1) is 0 Å². The summed E-state index contributed by atoms with van der Waals surface area (Å²) in [7, 11) is 1.44. The Labute approximate surface area is 148 Å². The Morgan fingerprint density at radius 1 is 1.12 bits per heavy atom. The Kier molecular flexibility index (Phi) is 4.01. The van der Waals surface area contributed by atoms with Crippen LogP contribution in [0.3, 0.4) is 0 Å². The van der Waals surface area contributed by atoms with Gasteiger partial charge in [-0.1, -0.05) is 41.9 Å². The van der Waals surface area contributed by atoms with Gasteiger partial charge in [-0.05, 0) is 47.0 Å². The summed E-state index contributed by atoms with van der Waals surface area (Å²) < 4.78 is 37.6. The maximum atomic E-state index is 15.4. The second kappa shape index (κ2) is 6.93. The van der Waals surface area contributed by atoms with E-state index in [0.717, 1.165) is 0 Å². The molecule has 0 unspecified atom stereocenters. The zero-order chi connectivity index (χ0) is 18.9. The number of anilines is 1. The Balaban J connectivity index is 2.20. The summed E-state index contributed by atoms with van der Waals surface area (Å²) in [5, 5.41) is 0.455. The van der Waals surface area contributed by atoms with Crippen molar-refractivity contribution in [1.82, 2.24) is 0 Å². The smallest absolute Gasteiger partial charge is 0.138 e. The minimum absolute atomic E-state index is 0.0851. The van der Waals surface area contributed by atoms with Crippen LogP contribution in [0.5, 0.6) is 5.75 Å². The molecule has 122 valence electrons. The third-order valence-electron chi connectivity index (χ3n) is 3.63. The van der Waals surface area contributed by atoms with E-state index in [1.54, 1.807) is 54.6 Å². The first-order chi connectivity index (χ1) is 12.3. The average Bonchev–Trinajstić information content (AvgIpc) is 2.61. The molecule has 0 saturated carbocycles. The Morgan fingerprint density at radius 2 is 1.88 bits per heavy atom. The molecule has 3 aromatic carbocycles. The van der Waals surface area contributed by atoms with Crippen LogP contribution < -0.4 is 10.5 Å². The molecule has 24 heavy (non-hydrogen) atoms. The van der Waals surface area contributed by atoms with Crippen LogP contribution in [0, 0.1) is 5.82 Å². The predicted molar refractivity (Wildman–Crippen MR) is 97.1 cm³/mol. The number of hydrogen-bond acceptors (Lipinski definition) is 2. The average molecular weight is 344 g/mol. The van der Waals surface area contributed by atoms with Crippen molar-refractivity contribution < 1.29 is 11.9 Å². The van der Waals surface area contributed by atoms with Crippen LogP contribution in [0.4, 0.5) is 10.1 Å². The Morgan fingerprint density at radius 3 is 2.54 bits per heavy atom. The van der Waals surface area contributed by atoms with Gasteiger partial charge in [0.1, 0.15) is 11.6 Å². The third kappa shape index (κ3) is 3.36. The third-order valence-corrected chi connectivity index (χ3v) is 3.86. The number of nitrogen functional groups attached to an aromatic ring is 1. The van der Waals surface area contributed by atoms with Gasteiger partial charge in [-0.2, -0.15) is 0 Å². The molecule has 0 radical (unpaired) electrons. The van der Waals surface area contributed by atoms with Crippen LogP contribution in [0.15, 0.2) is 60.7 Å². The van der Waals surface area contributed by atoms with Crippen molar-refractivity contribution in [3.05, 3.63) is 82.6 Å². The highest BCUT2D eigenvalue weighted by Crippen LogP contribution is 2.36. The second-order valence-corrected chi connectivity index (χ2v) is 5.70. The van der Waals surface area contributed by atoms with Crippen LogP contribution in [-0.2, 0) is 6.37 Å². The van der Waals surface area contributed by atoms with Crippen molar-refractivity contribution in [3.63, 3.8) is 0 Å². The topological polar surface area (TPSA) is 35.2 Å². The molecule has 0 saturated heterocycles. The van der Waals surface area contributed by atoms with Gasteiger partial charge in [0.25, 0.3) is 0 Å². The molecule has 2 nitrogen and oxygen atoms in total. The molecule has 0 bridgehead atoms. The van der Waals surface area contributed by atoms with Crippen LogP contribution in [-0.4, -0.2) is 7.11 Å². The van der Waals surface area contributed by atoms with Crippen LogP contribution in [0.25, 0.3) is 11.1 Å². The maximum Gasteiger partial charge on any atom is 0.138 e. The Bertz CT molecular complexity index is 945. The van der Waals surface area contributed by atoms with Crippen molar-refractivity contribution in [1.29, 1.82) is 0 Å². The molecular weight excluding hydrogens is 325 g/mol. The van der Waals surface area contributed by atoms with E-state index in [1.165, 1.54) is 13.2 Å². The van der Waals surface area contributed by atoms with E-state index in [0.29, 0.717) is 27.6 Å². The molecule has 0 amide bonds. The first kappa shape index (κ1) is 13.9. The SMILES string of the molecule is [2H]C([2H])(c1ccc(N)cc1)c1ccc(OC)c(-c2cccc(Cl)c2)c1F. The minimum Gasteiger partial charge on any atom is -0.496 e. The van der Waals surface area contributed by atoms with Gasteiger partial charge >= 0.3 is 0 Å². The van der Waals surface area contributed by atoms with Crippen molar-refractivity contribution in [2.45, 2.75) is 6.37 Å². The van der Waals surface area contributed by atoms with Crippen LogP contribution in [0.1, 0.15) is 13.9 Å². The van der Waals surface area contributed by atoms with E-state index < -0.39 is 12.2 Å². The summed E-state index contributed by atoms with van der Waals surface area (Å²) >= 11 is 6.03. The van der Waals surface area contributed by atoms with Gasteiger partial charge < -0.3 is 10.5 Å². The summed E-state index contributed by atoms with van der Waals surface area (Å²) in [4.78, 5) is 0. The van der Waals surface area contributed by atoms with Gasteiger partial charge in [0.2, 0.25) is 0 Å². The van der Waals surface area contributed by atoms with E-state index in [4.69, 9.17) is 24.8 Å². The van der Waals surface area contributed by atoms with Gasteiger partial charge in [-0.25, -0.2) is 4.39 Å². The van der Waals surface area contributed by atoms with E-state index in [9.17, 15) is 0 Å². The van der Waals surface area contributed by atoms with Crippen molar-refractivity contribution >= 4 is 17.3 Å². The summed E-state index contributed by atoms with van der Waals surface area (Å²) in [5.41, 5.74) is 7.09. The lowest BCUT2D eigenvalue weighted by Crippen LogP contribution is -1.99. The summed E-state index contributed by atoms with van der Waals surface area (Å²) in [6.07, 6.45) is -2.04. The fraction of sp³-hybridized carbons (Fsp3) is 0.100. The lowest BCUT2D eigenvalue weighted by atomic mass is 9.97. The van der Waals surface area contributed by atoms with E-state index in [2.05, 4.69) is 0 Å². The van der Waals surface area contributed by atoms with Crippen molar-refractivity contribution in [3.8, 4) is 16.9 Å². The van der Waals surface area contributed by atoms with Crippen molar-refractivity contribution in [2.24, 2.45) is 0 Å². The zero-order valence-corrected chi connectivity index (χ0v) is 13.8. The molecule has 0 fully saturated rings. The van der Waals surface area contributed by atoms with Gasteiger partial charge in [0, 0.05) is 19.8 Å². The van der Waals surface area contributed by atoms with Gasteiger partial charge in [0.05, 0.1) is 12.7 Å². The van der Waals surface area contributed by atoms with Crippen LogP contribution >= 0.6 is 11.6 Å². The molecular formula is C20H17ClFNO. The highest BCUT2D eigenvalue weighted by Gasteiger charge is 2.16. The van der Waals surface area contributed by atoms with Crippen molar-refractivity contribution in [2.75, 3.05) is 12.8 Å². The molecule has 0 aliphatic rings. The van der Waals surface area contributed by atoms with E-state index in [1.807, 2.05) is 0 Å². The Hall–Kier alpha value is -2.52. The first-order valence-electron chi connectivity index (χ1n) is 8.33. The largest absolute Gasteiger partial charge is 0.496 e. The number of halogens is 2. The molecule has 0 aliphatic heterocycles. The standard InChI is InChI=1S/C20H17ClFNO/c1-24-18-10-7-15(11-13-5-8-17(23)9-6-13)20(22)19(18)14-3-2-4-16(21)12-14/h2-10,12H,11,23H2,1H3/i11D2. The maximum absolute atomic E-state index is 15.4. The van der Waals surface area contributed by atoms with Crippen LogP contribution in [0.2, 0.25) is 5.02 Å². The highest BCUT2D eigenvalue weighted by atomic mass is 35.5. The molecule has 3 rings (SSSR count). The first-order valence-corrected chi connectivity index (χ1v) is 7.71. The summed E-state index contributed by atoms with van der Waals surface area (Å²) in [5.74, 6) is -0.380. The van der Waals surface area contributed by atoms with Gasteiger partial charge in [-0.3, -0.25) is 0 Å². The normalized spacial score (nSPS) is 12.5. The van der Waals surface area contributed by atoms with Gasteiger partial charge in [0.15, 0.2) is 0 Å². The number of benzene rings is 3. The molecule has 2 N–H and O–H groups in total. The molecule has 3 aromatic rings. The summed E-state index contributed by atoms with van der Waals surface area (Å²) in [6, 6.07) is 16.0. The summed E-state index contributed by atoms with van der Waals surface area (Å²) in [6.45, 7) is 0. The fourth-order valence-corrected chi connectivity index (χ4v) is 2.65. The molecule has 0 atom stereocenters. The second-order valence-electron chi connectivity index (χ2n) is 5.26. The van der Waals surface area contributed by atoms with E-state index in [-0.39, 0.29) is 11.1 Å². The number of nitrogens with two attached hydrogens (primary N) is 1. The number of hydrogen-bond donors (Lipinski definition) is 1. The number of rotatable bonds is 4. The quantitative estimate of drug-likeness (QED) is 0.650.